The molecule has 1 atom stereocenters. The van der Waals surface area contributed by atoms with Gasteiger partial charge in [-0.1, -0.05) is 6.07 Å². The normalized spacial score (nSPS) is 18.7. The highest BCUT2D eigenvalue weighted by Gasteiger charge is 2.39. The van der Waals surface area contributed by atoms with Crippen LogP contribution in [0, 0.1) is 0 Å². The Morgan fingerprint density at radius 2 is 2.07 bits per heavy atom. The highest BCUT2D eigenvalue weighted by atomic mass is 16.5. The number of hydrogen-bond donors (Lipinski definition) is 3. The molecule has 1 fully saturated rings. The van der Waals surface area contributed by atoms with Crippen molar-refractivity contribution in [3.05, 3.63) is 29.3 Å². The Bertz CT molecular complexity index is 837. The molecule has 10 heteroatoms. The zero-order chi connectivity index (χ0) is 19.6. The zero-order valence-electron chi connectivity index (χ0n) is 14.3. The van der Waals surface area contributed by atoms with Crippen LogP contribution in [0.25, 0.3) is 0 Å². The molecule has 142 valence electrons. The number of hydrogen-bond acceptors (Lipinski definition) is 6. The number of carbonyl (C=O) groups is 5. The number of rotatable bonds is 5. The van der Waals surface area contributed by atoms with Crippen molar-refractivity contribution in [1.29, 1.82) is 0 Å². The second-order valence-corrected chi connectivity index (χ2v) is 6.20. The lowest BCUT2D eigenvalue weighted by Crippen LogP contribution is -2.52. The van der Waals surface area contributed by atoms with Gasteiger partial charge in [-0.3, -0.25) is 24.5 Å². The van der Waals surface area contributed by atoms with Crippen LogP contribution >= 0.6 is 0 Å². The minimum atomic E-state index is -0.964. The van der Waals surface area contributed by atoms with Gasteiger partial charge in [-0.05, 0) is 18.6 Å². The largest absolute Gasteiger partial charge is 0.449 e. The van der Waals surface area contributed by atoms with E-state index in [2.05, 4.69) is 15.4 Å². The second kappa shape index (κ2) is 7.44. The second-order valence-electron chi connectivity index (χ2n) is 6.20. The maximum Gasteiger partial charge on any atom is 0.404 e. The topological polar surface area (TPSA) is 148 Å². The first-order valence-corrected chi connectivity index (χ1v) is 8.35. The molecule has 3 rings (SSSR count). The Kier molecular flexibility index (Phi) is 5.06. The van der Waals surface area contributed by atoms with Gasteiger partial charge in [0, 0.05) is 29.8 Å². The van der Waals surface area contributed by atoms with Crippen molar-refractivity contribution in [2.75, 3.05) is 11.9 Å². The van der Waals surface area contributed by atoms with E-state index < -0.39 is 23.9 Å². The van der Waals surface area contributed by atoms with Crippen LogP contribution in [0.15, 0.2) is 18.2 Å². The molecular weight excluding hydrogens is 356 g/mol. The number of carbonyl (C=O) groups excluding carboxylic acids is 5. The molecule has 1 aromatic rings. The maximum absolute atomic E-state index is 12.7. The molecule has 0 aromatic heterocycles. The van der Waals surface area contributed by atoms with Crippen LogP contribution in [0.4, 0.5) is 10.5 Å². The Morgan fingerprint density at radius 1 is 1.30 bits per heavy atom. The fourth-order valence-electron chi connectivity index (χ4n) is 3.16. The standard InChI is InChI=1S/C17H18N4O6/c18-17(26)27-7-6-14(23)19-11-3-1-2-9-10(11)8-21(16(9)25)12-4-5-13(22)20-15(12)24/h1-3,12H,4-8H2,(H2,18,26)(H,19,23)(H,20,22,24). The van der Waals surface area contributed by atoms with Crippen molar-refractivity contribution in [3.8, 4) is 0 Å². The molecule has 2 aliphatic heterocycles. The third-order valence-electron chi connectivity index (χ3n) is 4.43. The van der Waals surface area contributed by atoms with Crippen LogP contribution in [-0.2, 0) is 25.7 Å². The molecule has 1 saturated heterocycles. The van der Waals surface area contributed by atoms with Crippen molar-refractivity contribution in [2.24, 2.45) is 5.73 Å². The summed E-state index contributed by atoms with van der Waals surface area (Å²) < 4.78 is 4.52. The highest BCUT2D eigenvalue weighted by Crippen LogP contribution is 2.32. The van der Waals surface area contributed by atoms with Crippen molar-refractivity contribution in [3.63, 3.8) is 0 Å². The molecule has 5 amide bonds. The summed E-state index contributed by atoms with van der Waals surface area (Å²) in [4.78, 5) is 60.0. The summed E-state index contributed by atoms with van der Waals surface area (Å²) in [6.45, 7) is -0.00773. The predicted molar refractivity (Wildman–Crippen MR) is 91.3 cm³/mol. The molecule has 0 aliphatic carbocycles. The van der Waals surface area contributed by atoms with Crippen LogP contribution in [0.3, 0.4) is 0 Å². The van der Waals surface area contributed by atoms with Crippen LogP contribution in [0.1, 0.15) is 35.2 Å². The first-order chi connectivity index (χ1) is 12.9. The summed E-state index contributed by atoms with van der Waals surface area (Å²) in [5, 5.41) is 4.91. The molecule has 2 heterocycles. The zero-order valence-corrected chi connectivity index (χ0v) is 14.3. The molecule has 27 heavy (non-hydrogen) atoms. The van der Waals surface area contributed by atoms with E-state index in [1.807, 2.05) is 0 Å². The Labute approximate surface area is 154 Å². The SMILES string of the molecule is NC(=O)OCCC(=O)Nc1cccc2c1CN(C1CCC(=O)NC1=O)C2=O. The van der Waals surface area contributed by atoms with E-state index >= 15 is 0 Å². The number of ether oxygens (including phenoxy) is 1. The van der Waals surface area contributed by atoms with Gasteiger partial charge in [-0.2, -0.15) is 0 Å². The van der Waals surface area contributed by atoms with Crippen molar-refractivity contribution < 1.29 is 28.7 Å². The Balaban J connectivity index is 1.72. The van der Waals surface area contributed by atoms with Gasteiger partial charge < -0.3 is 20.7 Å². The number of anilines is 1. The Morgan fingerprint density at radius 3 is 2.78 bits per heavy atom. The van der Waals surface area contributed by atoms with Gasteiger partial charge >= 0.3 is 6.09 Å². The fourth-order valence-corrected chi connectivity index (χ4v) is 3.16. The van der Waals surface area contributed by atoms with Crippen LogP contribution in [-0.4, -0.2) is 47.3 Å². The number of benzene rings is 1. The van der Waals surface area contributed by atoms with Crippen LogP contribution in [0.5, 0.6) is 0 Å². The van der Waals surface area contributed by atoms with Gasteiger partial charge in [-0.25, -0.2) is 4.79 Å². The summed E-state index contributed by atoms with van der Waals surface area (Å²) >= 11 is 0. The van der Waals surface area contributed by atoms with Gasteiger partial charge in [0.2, 0.25) is 17.7 Å². The quantitative estimate of drug-likeness (QED) is 0.612. The van der Waals surface area contributed by atoms with E-state index in [1.165, 1.54) is 4.90 Å². The van der Waals surface area contributed by atoms with E-state index in [0.29, 0.717) is 16.8 Å². The fraction of sp³-hybridized carbons (Fsp3) is 0.353. The summed E-state index contributed by atoms with van der Waals surface area (Å²) in [6.07, 6.45) is -0.623. The number of primary amides is 1. The molecule has 10 nitrogen and oxygen atoms in total. The average molecular weight is 374 g/mol. The molecule has 4 N–H and O–H groups in total. The molecule has 0 bridgehead atoms. The lowest BCUT2D eigenvalue weighted by Gasteiger charge is -2.29. The monoisotopic (exact) mass is 374 g/mol. The summed E-state index contributed by atoms with van der Waals surface area (Å²) in [6, 6.07) is 4.16. The Hall–Kier alpha value is -3.43. The van der Waals surface area contributed by atoms with Gasteiger partial charge in [0.25, 0.3) is 5.91 Å². The molecule has 2 aliphatic rings. The maximum atomic E-state index is 12.7. The van der Waals surface area contributed by atoms with Crippen molar-refractivity contribution >= 4 is 35.4 Å². The number of amides is 5. The van der Waals surface area contributed by atoms with E-state index in [9.17, 15) is 24.0 Å². The molecular formula is C17H18N4O6. The lowest BCUT2D eigenvalue weighted by atomic mass is 10.0. The van der Waals surface area contributed by atoms with E-state index in [0.717, 1.165) is 0 Å². The highest BCUT2D eigenvalue weighted by molar-refractivity contribution is 6.06. The minimum absolute atomic E-state index is 0.0859. The molecule has 1 aromatic carbocycles. The summed E-state index contributed by atoms with van der Waals surface area (Å²) in [5.41, 5.74) is 6.27. The lowest BCUT2D eigenvalue weighted by molar-refractivity contribution is -0.137. The van der Waals surface area contributed by atoms with Gasteiger partial charge in [0.1, 0.15) is 12.6 Å². The summed E-state index contributed by atoms with van der Waals surface area (Å²) in [5.74, 6) is -1.59. The molecule has 0 radical (unpaired) electrons. The van der Waals surface area contributed by atoms with Crippen LogP contribution < -0.4 is 16.4 Å². The third kappa shape index (κ3) is 3.89. The van der Waals surface area contributed by atoms with Gasteiger partial charge in [-0.15, -0.1) is 0 Å². The minimum Gasteiger partial charge on any atom is -0.449 e. The van der Waals surface area contributed by atoms with Crippen molar-refractivity contribution in [2.45, 2.75) is 31.8 Å². The predicted octanol–water partition coefficient (Wildman–Crippen LogP) is -0.129. The number of fused-ring (bicyclic) bond motifs is 1. The van der Waals surface area contributed by atoms with Crippen LogP contribution in [0.2, 0.25) is 0 Å². The van der Waals surface area contributed by atoms with E-state index in [-0.39, 0.29) is 44.2 Å². The smallest absolute Gasteiger partial charge is 0.404 e. The third-order valence-corrected chi connectivity index (χ3v) is 4.43. The first-order valence-electron chi connectivity index (χ1n) is 8.35. The average Bonchev–Trinajstić information content (AvgIpc) is 2.93. The van der Waals surface area contributed by atoms with Crippen molar-refractivity contribution in [1.82, 2.24) is 10.2 Å². The molecule has 1 unspecified atom stereocenters. The first kappa shape index (κ1) is 18.4. The number of nitrogens with one attached hydrogen (secondary N) is 2. The number of nitrogens with two attached hydrogens (primary N) is 1. The van der Waals surface area contributed by atoms with E-state index in [4.69, 9.17) is 5.73 Å². The summed E-state index contributed by atoms with van der Waals surface area (Å²) in [7, 11) is 0. The number of imide groups is 1. The number of nitrogens with zero attached hydrogens (tertiary/aromatic N) is 1. The van der Waals surface area contributed by atoms with E-state index in [1.54, 1.807) is 18.2 Å². The van der Waals surface area contributed by atoms with Gasteiger partial charge in [0.05, 0.1) is 6.42 Å². The molecule has 0 saturated carbocycles. The number of piperidine rings is 1. The van der Waals surface area contributed by atoms with Gasteiger partial charge in [0.15, 0.2) is 0 Å². The molecule has 0 spiro atoms.